The van der Waals surface area contributed by atoms with Gasteiger partial charge in [-0.05, 0) is 150 Å². The first-order chi connectivity index (χ1) is 38.6. The van der Waals surface area contributed by atoms with E-state index < -0.39 is 53.6 Å². The van der Waals surface area contributed by atoms with E-state index >= 15 is 0 Å². The molecule has 24 heteroatoms. The lowest BCUT2D eigenvalue weighted by Gasteiger charge is -2.15. The molecular formula is C59H55ClF8N8O7. The summed E-state index contributed by atoms with van der Waals surface area (Å²) in [5.74, 6) is -1.43. The van der Waals surface area contributed by atoms with Crippen LogP contribution in [0.5, 0.6) is 0 Å². The van der Waals surface area contributed by atoms with Gasteiger partial charge in [0.05, 0.1) is 36.3 Å². The van der Waals surface area contributed by atoms with Crippen LogP contribution in [-0.4, -0.2) is 82.2 Å². The molecule has 0 spiro atoms. The summed E-state index contributed by atoms with van der Waals surface area (Å²) < 4.78 is 119. The summed E-state index contributed by atoms with van der Waals surface area (Å²) >= 11 is 0. The van der Waals surface area contributed by atoms with Crippen molar-refractivity contribution in [2.24, 2.45) is 0 Å². The van der Waals surface area contributed by atoms with Crippen LogP contribution in [0.2, 0.25) is 0 Å². The SMILES string of the molecule is C.Cl.F[C@H]1CCNC1.Nc1ccc(/C=C/C(=O)NCc2cc3cc(-c4ccc(C(=O)N5CC[C@H](F)C5)cc4)cc(C(F)(F)F)c3o2)cn1.Nc1ccc(/C=C/C(=O)NCc2cc3cc(-c4ccc(C(=O)O)cc4)cc(C(F)(F)F)c3o2)cn1. The first-order valence-electron chi connectivity index (χ1n) is 24.9. The molecule has 83 heavy (non-hydrogen) atoms. The number of carbonyl (C=O) groups excluding carboxylic acids is 3. The highest BCUT2D eigenvalue weighted by atomic mass is 35.5. The highest BCUT2D eigenvalue weighted by Gasteiger charge is 2.37. The molecule has 4 aromatic carbocycles. The number of aromatic carboxylic acids is 1. The monoisotopic (exact) mass is 1170 g/mol. The van der Waals surface area contributed by atoms with Gasteiger partial charge in [0.1, 0.15) is 46.7 Å². The predicted octanol–water partition coefficient (Wildman–Crippen LogP) is 12.1. The molecule has 0 saturated carbocycles. The summed E-state index contributed by atoms with van der Waals surface area (Å²) in [7, 11) is 0. The normalized spacial score (nSPS) is 15.0. The van der Waals surface area contributed by atoms with E-state index in [2.05, 4.69) is 25.9 Å². The maximum atomic E-state index is 14.0. The third-order valence-electron chi connectivity index (χ3n) is 12.6. The first kappa shape index (κ1) is 63.1. The van der Waals surface area contributed by atoms with Crippen molar-refractivity contribution >= 4 is 81.8 Å². The number of carboxylic acid groups (broad SMARTS) is 1. The molecule has 10 rings (SSSR count). The minimum atomic E-state index is -4.70. The molecule has 2 aliphatic rings. The number of hydrogen-bond donors (Lipinski definition) is 6. The zero-order valence-corrected chi connectivity index (χ0v) is 43.8. The smallest absolute Gasteiger partial charge is 0.420 e. The van der Waals surface area contributed by atoms with Crippen LogP contribution in [0.25, 0.3) is 56.3 Å². The van der Waals surface area contributed by atoms with E-state index in [-0.39, 0.29) is 95.5 Å². The Morgan fingerprint density at radius 3 is 1.45 bits per heavy atom. The Morgan fingerprint density at radius 2 is 1.10 bits per heavy atom. The maximum absolute atomic E-state index is 14.0. The summed E-state index contributed by atoms with van der Waals surface area (Å²) in [4.78, 5) is 57.2. The molecule has 2 aliphatic heterocycles. The summed E-state index contributed by atoms with van der Waals surface area (Å²) in [6.45, 7) is 1.54. The molecule has 8 aromatic rings. The molecule has 6 heterocycles. The van der Waals surface area contributed by atoms with Gasteiger partial charge in [-0.2, -0.15) is 26.3 Å². The van der Waals surface area contributed by atoms with Gasteiger partial charge in [-0.15, -0.1) is 12.4 Å². The number of carbonyl (C=O) groups is 4. The number of carboxylic acids is 1. The third kappa shape index (κ3) is 17.0. The largest absolute Gasteiger partial charge is 0.478 e. The molecule has 15 nitrogen and oxygen atoms in total. The van der Waals surface area contributed by atoms with Crippen molar-refractivity contribution in [2.75, 3.05) is 37.6 Å². The number of halogens is 9. The zero-order chi connectivity index (χ0) is 58.0. The van der Waals surface area contributed by atoms with E-state index in [0.717, 1.165) is 18.7 Å². The lowest BCUT2D eigenvalue weighted by atomic mass is 9.99. The summed E-state index contributed by atoms with van der Waals surface area (Å²) in [5, 5.41) is 17.5. The quantitative estimate of drug-likeness (QED) is 0.0495. The Hall–Kier alpha value is -9.09. The molecule has 0 unspecified atom stereocenters. The topological polar surface area (TPSA) is 232 Å². The number of alkyl halides is 8. The minimum absolute atomic E-state index is 0. The van der Waals surface area contributed by atoms with E-state index in [1.807, 2.05) is 0 Å². The molecular weight excluding hydrogens is 1120 g/mol. The van der Waals surface area contributed by atoms with E-state index in [1.54, 1.807) is 42.5 Å². The second-order valence-electron chi connectivity index (χ2n) is 18.6. The Kier molecular flexibility index (Phi) is 21.0. The number of hydrogen-bond acceptors (Lipinski definition) is 11. The fourth-order valence-corrected chi connectivity index (χ4v) is 8.50. The van der Waals surface area contributed by atoms with Crippen molar-refractivity contribution in [2.45, 2.75) is 58.1 Å². The number of nitrogens with one attached hydrogen (secondary N) is 3. The van der Waals surface area contributed by atoms with Crippen molar-refractivity contribution in [1.29, 1.82) is 0 Å². The van der Waals surface area contributed by atoms with Gasteiger partial charge in [0.15, 0.2) is 0 Å². The number of rotatable bonds is 12. The minimum Gasteiger partial charge on any atom is -0.478 e. The standard InChI is InChI=1S/C29H24F4N4O3.C25H18F3N3O4.C4H8FN.CH4.ClH/c30-22-9-10-37(16-22)28(39)19-5-3-18(4-6-19)20-11-21-12-23(40-27(21)24(13-20)29(31,32)33)15-36-26(38)8-2-17-1-7-25(34)35-14-17;26-25(27,28)20-11-17(15-3-5-16(6-4-15)24(33)34)9-18-10-19(35-23(18)20)13-31-22(32)8-2-14-1-7-21(29)30-12-14;5-4-1-2-6-3-4;;/h1-8,11-14,22H,9-10,15-16H2,(H2,34,35)(H,36,38);1-12H,13H2,(H2,29,30)(H,31,32)(H,33,34);4,6H,1-3H2;1H4;1H/b2*8-2+;;;/t22-;;4-;;/m0.0../s1. The number of likely N-dealkylation sites (tertiary alicyclic amines) is 1. The average Bonchev–Trinajstić information content (AvgIpc) is 3.09. The van der Waals surface area contributed by atoms with E-state index in [0.29, 0.717) is 65.4 Å². The third-order valence-corrected chi connectivity index (χ3v) is 12.6. The van der Waals surface area contributed by atoms with Gasteiger partial charge in [-0.25, -0.2) is 23.5 Å². The van der Waals surface area contributed by atoms with Crippen LogP contribution in [0, 0.1) is 0 Å². The van der Waals surface area contributed by atoms with Crippen LogP contribution in [0.15, 0.2) is 143 Å². The summed E-state index contributed by atoms with van der Waals surface area (Å²) in [5.41, 5.74) is 11.5. The number of nitrogens with two attached hydrogens (primary N) is 2. The van der Waals surface area contributed by atoms with Crippen LogP contribution in [0.3, 0.4) is 0 Å². The lowest BCUT2D eigenvalue weighted by molar-refractivity contribution is -0.137. The second-order valence-corrected chi connectivity index (χ2v) is 18.6. The van der Waals surface area contributed by atoms with Crippen molar-refractivity contribution < 1.29 is 68.2 Å². The van der Waals surface area contributed by atoms with Crippen molar-refractivity contribution in [3.8, 4) is 22.3 Å². The number of nitrogens with zero attached hydrogens (tertiary/aromatic N) is 3. The Balaban J connectivity index is 0.000000238. The van der Waals surface area contributed by atoms with Gasteiger partial charge in [-0.3, -0.25) is 14.4 Å². The molecule has 0 radical (unpaired) electrons. The van der Waals surface area contributed by atoms with Gasteiger partial charge >= 0.3 is 18.3 Å². The molecule has 0 aliphatic carbocycles. The first-order valence-corrected chi connectivity index (χ1v) is 24.9. The van der Waals surface area contributed by atoms with E-state index in [9.17, 15) is 54.3 Å². The molecule has 2 saturated heterocycles. The summed E-state index contributed by atoms with van der Waals surface area (Å²) in [6, 6.07) is 26.1. The highest BCUT2D eigenvalue weighted by Crippen LogP contribution is 2.41. The fourth-order valence-electron chi connectivity index (χ4n) is 8.50. The van der Waals surface area contributed by atoms with Crippen LogP contribution < -0.4 is 27.4 Å². The Morgan fingerprint density at radius 1 is 0.639 bits per heavy atom. The number of aromatic nitrogens is 2. The van der Waals surface area contributed by atoms with Crippen molar-refractivity contribution in [3.63, 3.8) is 0 Å². The number of amides is 3. The van der Waals surface area contributed by atoms with Gasteiger partial charge < -0.3 is 46.3 Å². The van der Waals surface area contributed by atoms with Gasteiger partial charge in [-0.1, -0.05) is 31.7 Å². The molecule has 436 valence electrons. The number of fused-ring (bicyclic) bond motifs is 2. The van der Waals surface area contributed by atoms with Gasteiger partial charge in [0.25, 0.3) is 5.91 Å². The van der Waals surface area contributed by atoms with Crippen molar-refractivity contribution in [3.05, 3.63) is 179 Å². The molecule has 3 amide bonds. The Labute approximate surface area is 475 Å². The molecule has 2 fully saturated rings. The van der Waals surface area contributed by atoms with Crippen LogP contribution in [0.1, 0.15) is 74.8 Å². The van der Waals surface area contributed by atoms with Gasteiger partial charge in [0, 0.05) is 54.0 Å². The van der Waals surface area contributed by atoms with Crippen molar-refractivity contribution in [1.82, 2.24) is 30.8 Å². The average molecular weight is 1180 g/mol. The van der Waals surface area contributed by atoms with Crippen LogP contribution in [-0.2, 0) is 35.0 Å². The molecule has 4 aromatic heterocycles. The molecule has 8 N–H and O–H groups in total. The van der Waals surface area contributed by atoms with Crippen LogP contribution in [0.4, 0.5) is 46.8 Å². The number of anilines is 2. The zero-order valence-electron chi connectivity index (χ0n) is 43.0. The fraction of sp³-hybridized carbons (Fsp3) is 0.220. The van der Waals surface area contributed by atoms with E-state index in [4.69, 9.17) is 25.4 Å². The predicted molar refractivity (Wildman–Crippen MR) is 301 cm³/mol. The van der Waals surface area contributed by atoms with E-state index in [1.165, 1.54) is 96.2 Å². The molecule has 2 atom stereocenters. The number of benzene rings is 4. The van der Waals surface area contributed by atoms with Crippen LogP contribution >= 0.6 is 12.4 Å². The second kappa shape index (κ2) is 27.6. The number of nitrogen functional groups attached to an aromatic ring is 2. The number of furan rings is 2. The Bertz CT molecular complexity index is 3600. The van der Waals surface area contributed by atoms with Gasteiger partial charge in [0.2, 0.25) is 11.8 Å². The lowest BCUT2D eigenvalue weighted by Crippen LogP contribution is -2.28. The number of pyridine rings is 2. The summed E-state index contributed by atoms with van der Waals surface area (Å²) in [6.07, 6.45) is -1.45. The maximum Gasteiger partial charge on any atom is 0.420 e. The highest BCUT2D eigenvalue weighted by molar-refractivity contribution is 5.96. The molecule has 0 bridgehead atoms.